The zero-order valence-electron chi connectivity index (χ0n) is 11.7. The second-order valence-corrected chi connectivity index (χ2v) is 5.60. The van der Waals surface area contributed by atoms with Gasteiger partial charge in [-0.3, -0.25) is 14.9 Å². The molecule has 1 heterocycles. The van der Waals surface area contributed by atoms with Crippen molar-refractivity contribution in [3.63, 3.8) is 0 Å². The summed E-state index contributed by atoms with van der Waals surface area (Å²) in [6, 6.07) is 2.86. The molecule has 1 aliphatic rings. The third kappa shape index (κ3) is 3.75. The molecule has 1 atom stereocenters. The summed E-state index contributed by atoms with van der Waals surface area (Å²) in [7, 11) is 0. The molecule has 1 amide bonds. The van der Waals surface area contributed by atoms with Crippen LogP contribution in [0.25, 0.3) is 0 Å². The van der Waals surface area contributed by atoms with Crippen LogP contribution in [0.3, 0.4) is 0 Å². The van der Waals surface area contributed by atoms with E-state index < -0.39 is 27.9 Å². The number of halogens is 1. The van der Waals surface area contributed by atoms with Crippen LogP contribution in [0.1, 0.15) is 36.5 Å². The van der Waals surface area contributed by atoms with Gasteiger partial charge in [0.15, 0.2) is 0 Å². The van der Waals surface area contributed by atoms with Crippen LogP contribution in [0.4, 0.5) is 10.1 Å². The van der Waals surface area contributed by atoms with Crippen molar-refractivity contribution in [2.75, 3.05) is 13.1 Å². The summed E-state index contributed by atoms with van der Waals surface area (Å²) >= 11 is 0. The van der Waals surface area contributed by atoms with Crippen LogP contribution in [0.2, 0.25) is 0 Å². The minimum absolute atomic E-state index is 0.0387. The predicted molar refractivity (Wildman–Crippen MR) is 73.4 cm³/mol. The first-order chi connectivity index (χ1) is 9.78. The van der Waals surface area contributed by atoms with E-state index in [9.17, 15) is 24.4 Å². The van der Waals surface area contributed by atoms with Crippen molar-refractivity contribution >= 4 is 11.6 Å². The molecule has 1 unspecified atom stereocenters. The van der Waals surface area contributed by atoms with Gasteiger partial charge in [-0.1, -0.05) is 0 Å². The minimum Gasteiger partial charge on any atom is -0.390 e. The van der Waals surface area contributed by atoms with Crippen LogP contribution in [0.5, 0.6) is 0 Å². The van der Waals surface area contributed by atoms with Gasteiger partial charge in [-0.25, -0.2) is 4.39 Å². The number of carbonyl (C=O) groups is 1. The Morgan fingerprint density at radius 3 is 2.76 bits per heavy atom. The highest BCUT2D eigenvalue weighted by atomic mass is 19.1. The largest absolute Gasteiger partial charge is 0.390 e. The molecule has 0 aliphatic carbocycles. The summed E-state index contributed by atoms with van der Waals surface area (Å²) in [5, 5.41) is 20.7. The second kappa shape index (κ2) is 5.77. The minimum atomic E-state index is -0.817. The molecule has 1 N–H and O–H groups in total. The maximum atomic E-state index is 13.4. The van der Waals surface area contributed by atoms with E-state index in [0.29, 0.717) is 32.4 Å². The van der Waals surface area contributed by atoms with Crippen molar-refractivity contribution in [2.45, 2.75) is 31.8 Å². The van der Waals surface area contributed by atoms with E-state index in [2.05, 4.69) is 0 Å². The fraction of sp³-hybridized carbons (Fsp3) is 0.500. The van der Waals surface area contributed by atoms with Crippen molar-refractivity contribution in [2.24, 2.45) is 0 Å². The standard InChI is InChI=1S/C14H17FN2O4/c1-14(19)3-2-5-16(6-4-14)13(18)10-7-11(15)9-12(8-10)17(20)21/h7-9,19H,2-6H2,1H3. The molecular formula is C14H17FN2O4. The van der Waals surface area contributed by atoms with Crippen LogP contribution in [0.15, 0.2) is 18.2 Å². The average Bonchev–Trinajstić information content (AvgIpc) is 2.58. The number of nitro benzene ring substituents is 1. The number of hydrogen-bond donors (Lipinski definition) is 1. The number of aliphatic hydroxyl groups is 1. The van der Waals surface area contributed by atoms with Gasteiger partial charge >= 0.3 is 0 Å². The number of nitrogens with zero attached hydrogens (tertiary/aromatic N) is 2. The molecule has 1 saturated heterocycles. The first-order valence-corrected chi connectivity index (χ1v) is 6.75. The Balaban J connectivity index is 2.22. The number of carbonyl (C=O) groups excluding carboxylic acids is 1. The maximum Gasteiger partial charge on any atom is 0.273 e. The van der Waals surface area contributed by atoms with Gasteiger partial charge in [0.2, 0.25) is 0 Å². The number of benzene rings is 1. The SMILES string of the molecule is CC1(O)CCCN(C(=O)c2cc(F)cc([N+](=O)[O-])c2)CC1. The van der Waals surface area contributed by atoms with Gasteiger partial charge in [0.1, 0.15) is 5.82 Å². The number of rotatable bonds is 2. The van der Waals surface area contributed by atoms with Crippen LogP contribution >= 0.6 is 0 Å². The van der Waals surface area contributed by atoms with Crippen LogP contribution < -0.4 is 0 Å². The van der Waals surface area contributed by atoms with E-state index in [4.69, 9.17) is 0 Å². The summed E-state index contributed by atoms with van der Waals surface area (Å²) < 4.78 is 13.4. The Morgan fingerprint density at radius 2 is 2.10 bits per heavy atom. The molecule has 1 aromatic rings. The zero-order valence-corrected chi connectivity index (χ0v) is 11.7. The third-order valence-electron chi connectivity index (χ3n) is 3.69. The summed E-state index contributed by atoms with van der Waals surface area (Å²) in [5.41, 5.74) is -1.30. The molecule has 7 heteroatoms. The smallest absolute Gasteiger partial charge is 0.273 e. The fourth-order valence-corrected chi connectivity index (χ4v) is 2.45. The lowest BCUT2D eigenvalue weighted by molar-refractivity contribution is -0.385. The lowest BCUT2D eigenvalue weighted by Crippen LogP contribution is -2.33. The molecule has 2 rings (SSSR count). The Kier molecular flexibility index (Phi) is 4.22. The summed E-state index contributed by atoms with van der Waals surface area (Å²) in [4.78, 5) is 23.8. The topological polar surface area (TPSA) is 83.7 Å². The van der Waals surface area contributed by atoms with Crippen molar-refractivity contribution in [1.29, 1.82) is 0 Å². The Labute approximate surface area is 121 Å². The van der Waals surface area contributed by atoms with E-state index in [1.54, 1.807) is 6.92 Å². The zero-order chi connectivity index (χ0) is 15.6. The van der Waals surface area contributed by atoms with Gasteiger partial charge in [0.05, 0.1) is 16.6 Å². The summed E-state index contributed by atoms with van der Waals surface area (Å²) in [5.74, 6) is -1.26. The highest BCUT2D eigenvalue weighted by Gasteiger charge is 2.28. The van der Waals surface area contributed by atoms with Crippen LogP contribution in [-0.4, -0.2) is 39.5 Å². The Hall–Kier alpha value is -2.02. The normalized spacial score (nSPS) is 22.7. The number of nitro groups is 1. The van der Waals surface area contributed by atoms with Crippen LogP contribution in [0, 0.1) is 15.9 Å². The lowest BCUT2D eigenvalue weighted by Gasteiger charge is -2.22. The van der Waals surface area contributed by atoms with Gasteiger partial charge in [-0.15, -0.1) is 0 Å². The fourth-order valence-electron chi connectivity index (χ4n) is 2.45. The van der Waals surface area contributed by atoms with Gasteiger partial charge in [-0.2, -0.15) is 0 Å². The molecule has 0 spiro atoms. The molecular weight excluding hydrogens is 279 g/mol. The molecule has 1 fully saturated rings. The van der Waals surface area contributed by atoms with Crippen molar-refractivity contribution < 1.29 is 19.2 Å². The van der Waals surface area contributed by atoms with Crippen molar-refractivity contribution in [3.05, 3.63) is 39.7 Å². The molecule has 0 radical (unpaired) electrons. The molecule has 0 aromatic heterocycles. The van der Waals surface area contributed by atoms with Gasteiger partial charge in [0.25, 0.3) is 11.6 Å². The van der Waals surface area contributed by atoms with Gasteiger partial charge < -0.3 is 10.0 Å². The summed E-state index contributed by atoms with van der Waals surface area (Å²) in [6.45, 7) is 2.50. The monoisotopic (exact) mass is 296 g/mol. The molecule has 0 bridgehead atoms. The lowest BCUT2D eigenvalue weighted by atomic mass is 9.98. The first-order valence-electron chi connectivity index (χ1n) is 6.75. The molecule has 1 aromatic carbocycles. The maximum absolute atomic E-state index is 13.4. The Bertz CT molecular complexity index is 574. The van der Waals surface area contributed by atoms with E-state index in [1.165, 1.54) is 4.90 Å². The van der Waals surface area contributed by atoms with E-state index in [-0.39, 0.29) is 5.56 Å². The van der Waals surface area contributed by atoms with E-state index >= 15 is 0 Å². The number of likely N-dealkylation sites (tertiary alicyclic amines) is 1. The number of hydrogen-bond acceptors (Lipinski definition) is 4. The predicted octanol–water partition coefficient (Wildman–Crippen LogP) is 2.11. The highest BCUT2D eigenvalue weighted by molar-refractivity contribution is 5.94. The van der Waals surface area contributed by atoms with Gasteiger partial charge in [0, 0.05) is 24.7 Å². The highest BCUT2D eigenvalue weighted by Crippen LogP contribution is 2.23. The summed E-state index contributed by atoms with van der Waals surface area (Å²) in [6.07, 6.45) is 1.65. The average molecular weight is 296 g/mol. The Morgan fingerprint density at radius 1 is 1.38 bits per heavy atom. The van der Waals surface area contributed by atoms with E-state index in [1.807, 2.05) is 0 Å². The molecule has 114 valence electrons. The van der Waals surface area contributed by atoms with Gasteiger partial charge in [-0.05, 0) is 32.3 Å². The molecule has 1 aliphatic heterocycles. The number of amides is 1. The third-order valence-corrected chi connectivity index (χ3v) is 3.69. The first kappa shape index (κ1) is 15.4. The van der Waals surface area contributed by atoms with E-state index in [0.717, 1.165) is 18.2 Å². The quantitative estimate of drug-likeness (QED) is 0.669. The van der Waals surface area contributed by atoms with Crippen molar-refractivity contribution in [1.82, 2.24) is 4.90 Å². The second-order valence-electron chi connectivity index (χ2n) is 5.60. The molecule has 6 nitrogen and oxygen atoms in total. The van der Waals surface area contributed by atoms with Crippen molar-refractivity contribution in [3.8, 4) is 0 Å². The molecule has 0 saturated carbocycles. The number of non-ortho nitro benzene ring substituents is 1. The molecule has 21 heavy (non-hydrogen) atoms. The van der Waals surface area contributed by atoms with Crippen LogP contribution in [-0.2, 0) is 0 Å².